The molecule has 1 aliphatic rings. The van der Waals surface area contributed by atoms with Crippen LogP contribution in [0.3, 0.4) is 0 Å². The van der Waals surface area contributed by atoms with Gasteiger partial charge in [-0.05, 0) is 19.3 Å². The SMILES string of the molecule is CC[C@H](C(=O)c1ccccc1)n1c(N2CCCCCC2)nc2c1c(=O)n(C)c(=O)n2C. The van der Waals surface area contributed by atoms with Crippen LogP contribution in [0.25, 0.3) is 11.2 Å². The van der Waals surface area contributed by atoms with Gasteiger partial charge in [-0.15, -0.1) is 0 Å². The molecule has 1 atom stereocenters. The lowest BCUT2D eigenvalue weighted by atomic mass is 10.0. The summed E-state index contributed by atoms with van der Waals surface area (Å²) in [6.07, 6.45) is 4.87. The monoisotopic (exact) mass is 423 g/mol. The van der Waals surface area contributed by atoms with Crippen molar-refractivity contribution in [3.8, 4) is 0 Å². The molecule has 0 amide bonds. The number of aryl methyl sites for hydroxylation is 1. The number of carbonyl (C=O) groups is 1. The molecule has 0 N–H and O–H groups in total. The van der Waals surface area contributed by atoms with Crippen LogP contribution in [0, 0.1) is 0 Å². The fourth-order valence-corrected chi connectivity index (χ4v) is 4.47. The van der Waals surface area contributed by atoms with Crippen molar-refractivity contribution in [3.05, 3.63) is 56.7 Å². The van der Waals surface area contributed by atoms with E-state index in [1.54, 1.807) is 23.7 Å². The summed E-state index contributed by atoms with van der Waals surface area (Å²) in [7, 11) is 3.08. The van der Waals surface area contributed by atoms with E-state index in [2.05, 4.69) is 4.90 Å². The first kappa shape index (κ1) is 21.1. The normalized spacial score (nSPS) is 15.8. The molecule has 0 bridgehead atoms. The molecule has 3 aromatic rings. The molecule has 0 aliphatic carbocycles. The lowest BCUT2D eigenvalue weighted by Crippen LogP contribution is -2.38. The van der Waals surface area contributed by atoms with Crippen molar-refractivity contribution in [1.82, 2.24) is 18.7 Å². The van der Waals surface area contributed by atoms with Crippen LogP contribution < -0.4 is 16.1 Å². The Balaban J connectivity index is 2.00. The molecule has 0 radical (unpaired) electrons. The molecule has 0 saturated carbocycles. The highest BCUT2D eigenvalue weighted by Crippen LogP contribution is 2.30. The van der Waals surface area contributed by atoms with Crippen LogP contribution >= 0.6 is 0 Å². The smallest absolute Gasteiger partial charge is 0.332 e. The number of Topliss-reactive ketones (excluding diaryl/α,β-unsaturated/α-hetero) is 1. The second-order valence-electron chi connectivity index (χ2n) is 8.22. The van der Waals surface area contributed by atoms with Gasteiger partial charge in [-0.2, -0.15) is 4.98 Å². The molecule has 0 spiro atoms. The van der Waals surface area contributed by atoms with E-state index in [1.165, 1.54) is 11.6 Å². The third kappa shape index (κ3) is 3.60. The van der Waals surface area contributed by atoms with Crippen LogP contribution in [0.2, 0.25) is 0 Å². The average molecular weight is 424 g/mol. The van der Waals surface area contributed by atoms with Crippen molar-refractivity contribution in [2.24, 2.45) is 14.1 Å². The fourth-order valence-electron chi connectivity index (χ4n) is 4.47. The quantitative estimate of drug-likeness (QED) is 0.589. The maximum absolute atomic E-state index is 13.5. The molecule has 8 heteroatoms. The fraction of sp³-hybridized carbons (Fsp3) is 0.478. The number of imidazole rings is 1. The van der Waals surface area contributed by atoms with Gasteiger partial charge < -0.3 is 4.90 Å². The summed E-state index contributed by atoms with van der Waals surface area (Å²) in [6.45, 7) is 3.57. The minimum absolute atomic E-state index is 0.0608. The number of fused-ring (bicyclic) bond motifs is 1. The number of aromatic nitrogens is 4. The van der Waals surface area contributed by atoms with E-state index in [1.807, 2.05) is 25.1 Å². The summed E-state index contributed by atoms with van der Waals surface area (Å²) in [5.74, 6) is 0.542. The zero-order valence-electron chi connectivity index (χ0n) is 18.4. The third-order valence-electron chi connectivity index (χ3n) is 6.22. The van der Waals surface area contributed by atoms with Crippen molar-refractivity contribution in [2.45, 2.75) is 45.1 Å². The van der Waals surface area contributed by atoms with Gasteiger partial charge >= 0.3 is 5.69 Å². The molecule has 2 aromatic heterocycles. The molecular formula is C23H29N5O3. The lowest BCUT2D eigenvalue weighted by molar-refractivity contribution is 0.0925. The van der Waals surface area contributed by atoms with E-state index in [-0.39, 0.29) is 5.78 Å². The first-order valence-corrected chi connectivity index (χ1v) is 11.0. The number of ketones is 1. The average Bonchev–Trinajstić information content (AvgIpc) is 2.98. The van der Waals surface area contributed by atoms with Gasteiger partial charge in [0.1, 0.15) is 6.04 Å². The third-order valence-corrected chi connectivity index (χ3v) is 6.22. The van der Waals surface area contributed by atoms with Crippen molar-refractivity contribution >= 4 is 22.9 Å². The highest BCUT2D eigenvalue weighted by molar-refractivity contribution is 6.00. The lowest BCUT2D eigenvalue weighted by Gasteiger charge is -2.26. The maximum Gasteiger partial charge on any atom is 0.332 e. The van der Waals surface area contributed by atoms with E-state index in [9.17, 15) is 14.4 Å². The van der Waals surface area contributed by atoms with Crippen LogP contribution in [0.5, 0.6) is 0 Å². The zero-order valence-corrected chi connectivity index (χ0v) is 18.4. The molecule has 8 nitrogen and oxygen atoms in total. The Labute approximate surface area is 180 Å². The first-order chi connectivity index (χ1) is 15.0. The molecular weight excluding hydrogens is 394 g/mol. The highest BCUT2D eigenvalue weighted by Gasteiger charge is 2.30. The van der Waals surface area contributed by atoms with Gasteiger partial charge in [0.15, 0.2) is 16.9 Å². The standard InChI is InChI=1S/C23H29N5O3/c1-4-17(19(29)16-12-8-7-9-13-16)28-18-20(25(2)23(31)26(3)21(18)30)24-22(28)27-14-10-5-6-11-15-27/h7-9,12-13,17H,4-6,10-11,14-15H2,1-3H3/t17-/m1/s1. The summed E-state index contributed by atoms with van der Waals surface area (Å²) in [5, 5.41) is 0. The Morgan fingerprint density at radius 2 is 1.65 bits per heavy atom. The Bertz CT molecular complexity index is 1210. The predicted molar refractivity (Wildman–Crippen MR) is 121 cm³/mol. The summed E-state index contributed by atoms with van der Waals surface area (Å²) in [5.41, 5.74) is 0.379. The van der Waals surface area contributed by atoms with Gasteiger partial charge in [-0.3, -0.25) is 23.3 Å². The Morgan fingerprint density at radius 3 is 2.26 bits per heavy atom. The zero-order chi connectivity index (χ0) is 22.1. The number of anilines is 1. The second-order valence-corrected chi connectivity index (χ2v) is 8.22. The van der Waals surface area contributed by atoms with Gasteiger partial charge in [0.25, 0.3) is 5.56 Å². The molecule has 1 saturated heterocycles. The Morgan fingerprint density at radius 1 is 1.00 bits per heavy atom. The van der Waals surface area contributed by atoms with Gasteiger partial charge in [-0.25, -0.2) is 4.79 Å². The second kappa shape index (κ2) is 8.53. The molecule has 3 heterocycles. The van der Waals surface area contributed by atoms with Crippen molar-refractivity contribution < 1.29 is 4.79 Å². The first-order valence-electron chi connectivity index (χ1n) is 11.0. The topological polar surface area (TPSA) is 82.1 Å². The van der Waals surface area contributed by atoms with Crippen LogP contribution in [-0.2, 0) is 14.1 Å². The van der Waals surface area contributed by atoms with Crippen molar-refractivity contribution in [1.29, 1.82) is 0 Å². The highest BCUT2D eigenvalue weighted by atomic mass is 16.2. The van der Waals surface area contributed by atoms with Gasteiger partial charge in [0.05, 0.1) is 0 Å². The van der Waals surface area contributed by atoms with E-state index < -0.39 is 17.3 Å². The van der Waals surface area contributed by atoms with E-state index in [0.717, 1.165) is 43.3 Å². The minimum Gasteiger partial charge on any atom is -0.342 e. The van der Waals surface area contributed by atoms with Crippen LogP contribution in [0.1, 0.15) is 55.4 Å². The number of hydrogen-bond acceptors (Lipinski definition) is 5. The molecule has 4 rings (SSSR count). The number of carbonyl (C=O) groups excluding carboxylic acids is 1. The van der Waals surface area contributed by atoms with Gasteiger partial charge in [0, 0.05) is 32.7 Å². The molecule has 0 unspecified atom stereocenters. The van der Waals surface area contributed by atoms with Crippen LogP contribution in [-0.4, -0.2) is 37.6 Å². The Hall–Kier alpha value is -3.16. The Kier molecular flexibility index (Phi) is 5.80. The molecule has 31 heavy (non-hydrogen) atoms. The van der Waals surface area contributed by atoms with Crippen LogP contribution in [0.15, 0.2) is 39.9 Å². The number of hydrogen-bond donors (Lipinski definition) is 0. The summed E-state index contributed by atoms with van der Waals surface area (Å²) in [6, 6.07) is 8.55. The van der Waals surface area contributed by atoms with E-state index >= 15 is 0 Å². The van der Waals surface area contributed by atoms with Crippen molar-refractivity contribution in [3.63, 3.8) is 0 Å². The molecule has 1 aromatic carbocycles. The molecule has 1 aliphatic heterocycles. The largest absolute Gasteiger partial charge is 0.342 e. The summed E-state index contributed by atoms with van der Waals surface area (Å²) < 4.78 is 4.28. The van der Waals surface area contributed by atoms with E-state index in [0.29, 0.717) is 29.1 Å². The summed E-state index contributed by atoms with van der Waals surface area (Å²) >= 11 is 0. The number of nitrogens with zero attached hydrogens (tertiary/aromatic N) is 5. The van der Waals surface area contributed by atoms with Gasteiger partial charge in [-0.1, -0.05) is 50.1 Å². The molecule has 164 valence electrons. The number of benzene rings is 1. The minimum atomic E-state index is -0.587. The number of rotatable bonds is 5. The maximum atomic E-state index is 13.5. The van der Waals surface area contributed by atoms with Crippen molar-refractivity contribution in [2.75, 3.05) is 18.0 Å². The summed E-state index contributed by atoms with van der Waals surface area (Å²) in [4.78, 5) is 46.2. The molecule has 1 fully saturated rings. The van der Waals surface area contributed by atoms with Gasteiger partial charge in [0.2, 0.25) is 5.95 Å². The predicted octanol–water partition coefficient (Wildman–Crippen LogP) is 2.65. The van der Waals surface area contributed by atoms with E-state index in [4.69, 9.17) is 4.98 Å². The van der Waals surface area contributed by atoms with Crippen LogP contribution in [0.4, 0.5) is 5.95 Å².